The van der Waals surface area contributed by atoms with Crippen LogP contribution in [0.25, 0.3) is 0 Å². The van der Waals surface area contributed by atoms with E-state index in [9.17, 15) is 4.79 Å². The number of morpholine rings is 1. The molecule has 5 heteroatoms. The van der Waals surface area contributed by atoms with E-state index in [0.29, 0.717) is 37.7 Å². The van der Waals surface area contributed by atoms with Gasteiger partial charge in [0.15, 0.2) is 6.10 Å². The molecule has 2 rings (SSSR count). The van der Waals surface area contributed by atoms with Crippen LogP contribution in [0.2, 0.25) is 0 Å². The predicted molar refractivity (Wildman–Crippen MR) is 68.3 cm³/mol. The topological polar surface area (TPSA) is 64.8 Å². The molecule has 1 aromatic carbocycles. The standard InChI is InChI=1S/C13H18N2O3/c1-10(13(16)15-5-7-17-8-6-15)18-12-4-2-3-11(14)9-12/h2-4,9-10H,5-8,14H2,1H3/t10-/m1/s1. The Bertz CT molecular complexity index is 416. The van der Waals surface area contributed by atoms with Crippen molar-refractivity contribution in [2.45, 2.75) is 13.0 Å². The molecule has 0 unspecified atom stereocenters. The van der Waals surface area contributed by atoms with E-state index in [-0.39, 0.29) is 5.91 Å². The molecule has 1 aliphatic rings. The van der Waals surface area contributed by atoms with Crippen LogP contribution in [0, 0.1) is 0 Å². The molecule has 5 nitrogen and oxygen atoms in total. The highest BCUT2D eigenvalue weighted by Crippen LogP contribution is 2.16. The van der Waals surface area contributed by atoms with E-state index < -0.39 is 6.10 Å². The zero-order chi connectivity index (χ0) is 13.0. The Labute approximate surface area is 106 Å². The number of hydrogen-bond donors (Lipinski definition) is 1. The van der Waals surface area contributed by atoms with Crippen molar-refractivity contribution in [3.05, 3.63) is 24.3 Å². The van der Waals surface area contributed by atoms with Crippen LogP contribution in [0.5, 0.6) is 5.75 Å². The first kappa shape index (κ1) is 12.7. The second kappa shape index (κ2) is 5.73. The van der Waals surface area contributed by atoms with Gasteiger partial charge in [-0.3, -0.25) is 4.79 Å². The van der Waals surface area contributed by atoms with Crippen LogP contribution in [0.3, 0.4) is 0 Å². The number of carbonyl (C=O) groups is 1. The van der Waals surface area contributed by atoms with Gasteiger partial charge in [0, 0.05) is 24.8 Å². The molecule has 0 saturated carbocycles. The summed E-state index contributed by atoms with van der Waals surface area (Å²) in [6.07, 6.45) is -0.509. The fraction of sp³-hybridized carbons (Fsp3) is 0.462. The Morgan fingerprint density at radius 3 is 2.83 bits per heavy atom. The Hall–Kier alpha value is -1.75. The van der Waals surface area contributed by atoms with Gasteiger partial charge < -0.3 is 20.1 Å². The van der Waals surface area contributed by atoms with Crippen LogP contribution >= 0.6 is 0 Å². The summed E-state index contributed by atoms with van der Waals surface area (Å²) in [5.74, 6) is 0.602. The molecule has 18 heavy (non-hydrogen) atoms. The average Bonchev–Trinajstić information content (AvgIpc) is 2.39. The summed E-state index contributed by atoms with van der Waals surface area (Å²) in [6.45, 7) is 4.20. The highest BCUT2D eigenvalue weighted by molar-refractivity contribution is 5.81. The molecule has 1 fully saturated rings. The molecule has 0 aliphatic carbocycles. The van der Waals surface area contributed by atoms with E-state index in [1.807, 2.05) is 0 Å². The van der Waals surface area contributed by atoms with Gasteiger partial charge in [-0.05, 0) is 19.1 Å². The molecule has 1 heterocycles. The number of amides is 1. The largest absolute Gasteiger partial charge is 0.481 e. The molecular weight excluding hydrogens is 232 g/mol. The van der Waals surface area contributed by atoms with E-state index in [0.717, 1.165) is 0 Å². The van der Waals surface area contributed by atoms with Crippen molar-refractivity contribution in [1.29, 1.82) is 0 Å². The lowest BCUT2D eigenvalue weighted by molar-refractivity contribution is -0.142. The fourth-order valence-electron chi connectivity index (χ4n) is 1.88. The van der Waals surface area contributed by atoms with Crippen molar-refractivity contribution in [1.82, 2.24) is 4.90 Å². The molecule has 1 atom stereocenters. The Morgan fingerprint density at radius 1 is 1.44 bits per heavy atom. The van der Waals surface area contributed by atoms with Gasteiger partial charge in [-0.25, -0.2) is 0 Å². The van der Waals surface area contributed by atoms with E-state index in [4.69, 9.17) is 15.2 Å². The second-order valence-electron chi connectivity index (χ2n) is 4.27. The zero-order valence-corrected chi connectivity index (χ0v) is 10.5. The minimum absolute atomic E-state index is 0.0132. The Kier molecular flexibility index (Phi) is 4.04. The Balaban J connectivity index is 1.94. The minimum Gasteiger partial charge on any atom is -0.481 e. The van der Waals surface area contributed by atoms with E-state index in [2.05, 4.69) is 0 Å². The maximum atomic E-state index is 12.1. The number of anilines is 1. The summed E-state index contributed by atoms with van der Waals surface area (Å²) in [4.78, 5) is 13.9. The first-order chi connectivity index (χ1) is 8.66. The number of nitrogens with zero attached hydrogens (tertiary/aromatic N) is 1. The highest BCUT2D eigenvalue weighted by Gasteiger charge is 2.23. The minimum atomic E-state index is -0.509. The molecule has 2 N–H and O–H groups in total. The number of nitrogens with two attached hydrogens (primary N) is 1. The molecule has 0 bridgehead atoms. The fourth-order valence-corrected chi connectivity index (χ4v) is 1.88. The molecule has 1 aliphatic heterocycles. The third-order valence-corrected chi connectivity index (χ3v) is 2.84. The monoisotopic (exact) mass is 250 g/mol. The number of nitrogen functional groups attached to an aromatic ring is 1. The quantitative estimate of drug-likeness (QED) is 0.809. The highest BCUT2D eigenvalue weighted by atomic mass is 16.5. The maximum Gasteiger partial charge on any atom is 0.263 e. The lowest BCUT2D eigenvalue weighted by atomic mass is 10.3. The summed E-state index contributed by atoms with van der Waals surface area (Å²) >= 11 is 0. The van der Waals surface area contributed by atoms with Gasteiger partial charge in [0.25, 0.3) is 5.91 Å². The summed E-state index contributed by atoms with van der Waals surface area (Å²) in [5, 5.41) is 0. The summed E-state index contributed by atoms with van der Waals surface area (Å²) in [5.41, 5.74) is 6.28. The average molecular weight is 250 g/mol. The van der Waals surface area contributed by atoms with Crippen LogP contribution in [-0.2, 0) is 9.53 Å². The molecule has 1 aromatic rings. The van der Waals surface area contributed by atoms with E-state index in [1.165, 1.54) is 0 Å². The third kappa shape index (κ3) is 3.13. The summed E-state index contributed by atoms with van der Waals surface area (Å²) in [6, 6.07) is 7.08. The maximum absolute atomic E-state index is 12.1. The van der Waals surface area contributed by atoms with Crippen molar-refractivity contribution >= 4 is 11.6 Å². The first-order valence-corrected chi connectivity index (χ1v) is 6.05. The van der Waals surface area contributed by atoms with Crippen molar-refractivity contribution in [2.75, 3.05) is 32.0 Å². The number of benzene rings is 1. The second-order valence-corrected chi connectivity index (χ2v) is 4.27. The summed E-state index contributed by atoms with van der Waals surface area (Å²) in [7, 11) is 0. The van der Waals surface area contributed by atoms with Crippen molar-refractivity contribution in [3.63, 3.8) is 0 Å². The zero-order valence-electron chi connectivity index (χ0n) is 10.5. The van der Waals surface area contributed by atoms with Crippen LogP contribution in [0.1, 0.15) is 6.92 Å². The molecule has 1 saturated heterocycles. The first-order valence-electron chi connectivity index (χ1n) is 6.05. The SMILES string of the molecule is C[C@@H](Oc1cccc(N)c1)C(=O)N1CCOCC1. The molecule has 1 amide bonds. The van der Waals surface area contributed by atoms with Crippen molar-refractivity contribution in [3.8, 4) is 5.75 Å². The van der Waals surface area contributed by atoms with Gasteiger partial charge in [-0.15, -0.1) is 0 Å². The lowest BCUT2D eigenvalue weighted by Crippen LogP contribution is -2.46. The smallest absolute Gasteiger partial charge is 0.263 e. The van der Waals surface area contributed by atoms with Crippen LogP contribution in [-0.4, -0.2) is 43.2 Å². The van der Waals surface area contributed by atoms with E-state index in [1.54, 1.807) is 36.1 Å². The van der Waals surface area contributed by atoms with Gasteiger partial charge in [0.05, 0.1) is 13.2 Å². The lowest BCUT2D eigenvalue weighted by Gasteiger charge is -2.29. The molecule has 0 radical (unpaired) electrons. The van der Waals surface area contributed by atoms with Crippen LogP contribution in [0.4, 0.5) is 5.69 Å². The number of ether oxygens (including phenoxy) is 2. The summed E-state index contributed by atoms with van der Waals surface area (Å²) < 4.78 is 10.8. The molecule has 0 spiro atoms. The van der Waals surface area contributed by atoms with E-state index >= 15 is 0 Å². The van der Waals surface area contributed by atoms with Gasteiger partial charge in [0.2, 0.25) is 0 Å². The van der Waals surface area contributed by atoms with Crippen LogP contribution in [0.15, 0.2) is 24.3 Å². The molecule has 98 valence electrons. The normalized spacial score (nSPS) is 17.3. The van der Waals surface area contributed by atoms with Crippen molar-refractivity contribution in [2.24, 2.45) is 0 Å². The van der Waals surface area contributed by atoms with Gasteiger partial charge >= 0.3 is 0 Å². The third-order valence-electron chi connectivity index (χ3n) is 2.84. The predicted octanol–water partition coefficient (Wildman–Crippen LogP) is 0.895. The number of hydrogen-bond acceptors (Lipinski definition) is 4. The number of rotatable bonds is 3. The number of carbonyl (C=O) groups excluding carboxylic acids is 1. The van der Waals surface area contributed by atoms with Gasteiger partial charge in [-0.2, -0.15) is 0 Å². The van der Waals surface area contributed by atoms with Gasteiger partial charge in [0.1, 0.15) is 5.75 Å². The van der Waals surface area contributed by atoms with Crippen LogP contribution < -0.4 is 10.5 Å². The van der Waals surface area contributed by atoms with Crippen molar-refractivity contribution < 1.29 is 14.3 Å². The molecular formula is C13H18N2O3. The van der Waals surface area contributed by atoms with Gasteiger partial charge in [-0.1, -0.05) is 6.07 Å². The Morgan fingerprint density at radius 2 is 2.17 bits per heavy atom. The molecule has 0 aromatic heterocycles.